The van der Waals surface area contributed by atoms with Gasteiger partial charge in [0.25, 0.3) is 0 Å². The molecular weight excluding hydrogens is 246 g/mol. The smallest absolute Gasteiger partial charge is 0.152 e. The van der Waals surface area contributed by atoms with Gasteiger partial charge in [0.05, 0.1) is 17.7 Å². The number of nitrogens with one attached hydrogen (secondary N) is 1. The van der Waals surface area contributed by atoms with E-state index in [2.05, 4.69) is 15.4 Å². The van der Waals surface area contributed by atoms with E-state index in [1.165, 1.54) is 5.49 Å². The standard InChI is InChI=1S/C12H11N5S/c18-9-13-11-4-6-17(15-11)8-10-7-16-5-2-1-3-12(16)14-10/h1-7,9H,8H2,(H,13,15,18). The van der Waals surface area contributed by atoms with E-state index in [1.807, 2.05) is 51.9 Å². The van der Waals surface area contributed by atoms with Gasteiger partial charge < -0.3 is 9.72 Å². The van der Waals surface area contributed by atoms with Crippen LogP contribution in [0.5, 0.6) is 0 Å². The number of fused-ring (bicyclic) bond motifs is 1. The Balaban J connectivity index is 1.84. The highest BCUT2D eigenvalue weighted by Gasteiger charge is 2.03. The van der Waals surface area contributed by atoms with Crippen LogP contribution < -0.4 is 5.32 Å². The molecule has 0 bridgehead atoms. The molecule has 0 spiro atoms. The molecule has 5 nitrogen and oxygen atoms in total. The molecule has 0 radical (unpaired) electrons. The maximum absolute atomic E-state index is 4.72. The van der Waals surface area contributed by atoms with Crippen molar-refractivity contribution in [1.82, 2.24) is 19.2 Å². The number of pyridine rings is 1. The topological polar surface area (TPSA) is 47.2 Å². The van der Waals surface area contributed by atoms with Crippen molar-refractivity contribution < 1.29 is 0 Å². The lowest BCUT2D eigenvalue weighted by atomic mass is 10.5. The van der Waals surface area contributed by atoms with Crippen molar-refractivity contribution in [2.75, 3.05) is 5.32 Å². The fraction of sp³-hybridized carbons (Fsp3) is 0.0833. The second-order valence-electron chi connectivity index (χ2n) is 3.86. The monoisotopic (exact) mass is 257 g/mol. The van der Waals surface area contributed by atoms with Gasteiger partial charge in [-0.2, -0.15) is 5.10 Å². The van der Waals surface area contributed by atoms with Crippen LogP contribution in [0.4, 0.5) is 5.82 Å². The van der Waals surface area contributed by atoms with Crippen molar-refractivity contribution in [3.8, 4) is 0 Å². The SMILES string of the molecule is S=CNc1ccn(Cc2cn3ccccc3n2)n1. The maximum Gasteiger partial charge on any atom is 0.152 e. The molecule has 0 aliphatic carbocycles. The third-order valence-electron chi connectivity index (χ3n) is 2.59. The van der Waals surface area contributed by atoms with Crippen molar-refractivity contribution in [1.29, 1.82) is 0 Å². The van der Waals surface area contributed by atoms with Crippen LogP contribution in [0.25, 0.3) is 5.65 Å². The Kier molecular flexibility index (Phi) is 2.77. The average Bonchev–Trinajstić information content (AvgIpc) is 2.96. The summed E-state index contributed by atoms with van der Waals surface area (Å²) in [6.07, 6.45) is 5.88. The van der Waals surface area contributed by atoms with Gasteiger partial charge in [0.1, 0.15) is 5.65 Å². The molecule has 6 heteroatoms. The first-order chi connectivity index (χ1) is 8.85. The fourth-order valence-electron chi connectivity index (χ4n) is 1.82. The molecule has 0 unspecified atom stereocenters. The Labute approximate surface area is 109 Å². The van der Waals surface area contributed by atoms with Gasteiger partial charge in [-0.15, -0.1) is 0 Å². The molecule has 3 aromatic heterocycles. The number of rotatable bonds is 4. The Hall–Kier alpha value is -2.21. The Morgan fingerprint density at radius 3 is 3.06 bits per heavy atom. The van der Waals surface area contributed by atoms with Crippen LogP contribution >= 0.6 is 12.2 Å². The quantitative estimate of drug-likeness (QED) is 0.726. The summed E-state index contributed by atoms with van der Waals surface area (Å²) in [7, 11) is 0. The number of hydrogen-bond donors (Lipinski definition) is 1. The highest BCUT2D eigenvalue weighted by molar-refractivity contribution is 7.79. The zero-order valence-corrected chi connectivity index (χ0v) is 10.3. The fourth-order valence-corrected chi connectivity index (χ4v) is 1.94. The lowest BCUT2D eigenvalue weighted by Gasteiger charge is -1.96. The van der Waals surface area contributed by atoms with Crippen LogP contribution in [0, 0.1) is 0 Å². The van der Waals surface area contributed by atoms with Crippen LogP contribution in [-0.2, 0) is 6.54 Å². The molecule has 0 aliphatic heterocycles. The molecule has 3 heterocycles. The molecule has 0 aromatic carbocycles. The third-order valence-corrected chi connectivity index (χ3v) is 2.70. The van der Waals surface area contributed by atoms with E-state index in [1.54, 1.807) is 0 Å². The minimum Gasteiger partial charge on any atom is -0.336 e. The lowest BCUT2D eigenvalue weighted by Crippen LogP contribution is -2.02. The van der Waals surface area contributed by atoms with E-state index in [4.69, 9.17) is 12.2 Å². The van der Waals surface area contributed by atoms with Crippen LogP contribution in [-0.4, -0.2) is 24.7 Å². The summed E-state index contributed by atoms with van der Waals surface area (Å²) < 4.78 is 3.82. The Morgan fingerprint density at radius 2 is 2.22 bits per heavy atom. The normalized spacial score (nSPS) is 10.7. The largest absolute Gasteiger partial charge is 0.336 e. The molecule has 1 N–H and O–H groups in total. The van der Waals surface area contributed by atoms with Crippen LogP contribution in [0.2, 0.25) is 0 Å². The summed E-state index contributed by atoms with van der Waals surface area (Å²) in [5, 5.41) is 7.20. The number of anilines is 1. The summed E-state index contributed by atoms with van der Waals surface area (Å²) >= 11 is 4.72. The molecule has 18 heavy (non-hydrogen) atoms. The van der Waals surface area contributed by atoms with Crippen molar-refractivity contribution in [2.24, 2.45) is 0 Å². The molecule has 90 valence electrons. The molecule has 3 rings (SSSR count). The van der Waals surface area contributed by atoms with Gasteiger partial charge in [0.2, 0.25) is 0 Å². The molecule has 0 atom stereocenters. The third kappa shape index (κ3) is 2.10. The van der Waals surface area contributed by atoms with Gasteiger partial charge >= 0.3 is 0 Å². The number of nitrogens with zero attached hydrogens (tertiary/aromatic N) is 4. The summed E-state index contributed by atoms with van der Waals surface area (Å²) in [5.41, 5.74) is 3.35. The molecule has 0 amide bonds. The Morgan fingerprint density at radius 1 is 1.28 bits per heavy atom. The van der Waals surface area contributed by atoms with Gasteiger partial charge in [0.15, 0.2) is 5.82 Å². The van der Waals surface area contributed by atoms with E-state index in [0.717, 1.165) is 17.2 Å². The van der Waals surface area contributed by atoms with Crippen molar-refractivity contribution in [3.05, 3.63) is 48.5 Å². The first-order valence-electron chi connectivity index (χ1n) is 5.51. The lowest BCUT2D eigenvalue weighted by molar-refractivity contribution is 0.679. The molecule has 0 fully saturated rings. The molecule has 3 aromatic rings. The minimum absolute atomic E-state index is 0.640. The molecule has 0 saturated heterocycles. The van der Waals surface area contributed by atoms with E-state index in [-0.39, 0.29) is 0 Å². The molecule has 0 aliphatic rings. The van der Waals surface area contributed by atoms with Crippen LogP contribution in [0.3, 0.4) is 0 Å². The summed E-state index contributed by atoms with van der Waals surface area (Å²) in [6.45, 7) is 0.640. The number of thiocarbonyl (C=S) groups is 1. The van der Waals surface area contributed by atoms with Crippen molar-refractivity contribution in [3.63, 3.8) is 0 Å². The number of aromatic nitrogens is 4. The van der Waals surface area contributed by atoms with Crippen molar-refractivity contribution >= 4 is 29.2 Å². The van der Waals surface area contributed by atoms with E-state index < -0.39 is 0 Å². The van der Waals surface area contributed by atoms with E-state index in [9.17, 15) is 0 Å². The first kappa shape index (κ1) is 10.9. The van der Waals surface area contributed by atoms with Gasteiger partial charge in [-0.1, -0.05) is 18.3 Å². The van der Waals surface area contributed by atoms with Crippen LogP contribution in [0.15, 0.2) is 42.9 Å². The maximum atomic E-state index is 4.72. The van der Waals surface area contributed by atoms with Gasteiger partial charge in [0, 0.05) is 24.7 Å². The number of imidazole rings is 1. The second kappa shape index (κ2) is 4.58. The molecular formula is C12H11N5S. The van der Waals surface area contributed by atoms with Gasteiger partial charge in [-0.25, -0.2) is 4.98 Å². The van der Waals surface area contributed by atoms with Crippen LogP contribution in [0.1, 0.15) is 5.69 Å². The van der Waals surface area contributed by atoms with E-state index >= 15 is 0 Å². The predicted octanol–water partition coefficient (Wildman–Crippen LogP) is 1.95. The zero-order valence-electron chi connectivity index (χ0n) is 9.52. The molecule has 0 saturated carbocycles. The van der Waals surface area contributed by atoms with Gasteiger partial charge in [-0.05, 0) is 12.1 Å². The summed E-state index contributed by atoms with van der Waals surface area (Å²) in [4.78, 5) is 4.52. The average molecular weight is 257 g/mol. The van der Waals surface area contributed by atoms with E-state index in [0.29, 0.717) is 6.54 Å². The first-order valence-corrected chi connectivity index (χ1v) is 5.98. The highest BCUT2D eigenvalue weighted by atomic mass is 32.1. The zero-order chi connectivity index (χ0) is 12.4. The highest BCUT2D eigenvalue weighted by Crippen LogP contribution is 2.07. The summed E-state index contributed by atoms with van der Waals surface area (Å²) in [6, 6.07) is 7.81. The van der Waals surface area contributed by atoms with Gasteiger partial charge in [-0.3, -0.25) is 4.68 Å². The Bertz CT molecular complexity index is 651. The van der Waals surface area contributed by atoms with Crippen molar-refractivity contribution in [2.45, 2.75) is 6.54 Å². The minimum atomic E-state index is 0.640. The predicted molar refractivity (Wildman–Crippen MR) is 73.8 cm³/mol. The summed E-state index contributed by atoms with van der Waals surface area (Å²) in [5.74, 6) is 0.744. The number of hydrogen-bond acceptors (Lipinski definition) is 3. The second-order valence-corrected chi connectivity index (χ2v) is 4.09.